The first-order valence-corrected chi connectivity index (χ1v) is 12.3. The summed E-state index contributed by atoms with van der Waals surface area (Å²) in [5, 5.41) is 2.87. The van der Waals surface area contributed by atoms with Crippen molar-refractivity contribution in [1.29, 1.82) is 0 Å². The van der Waals surface area contributed by atoms with Crippen LogP contribution in [0.15, 0.2) is 41.6 Å². The third kappa shape index (κ3) is 3.78. The number of nitrogens with one attached hydrogen (secondary N) is 1. The Labute approximate surface area is 223 Å². The van der Waals surface area contributed by atoms with Gasteiger partial charge in [-0.2, -0.15) is 0 Å². The number of rotatable bonds is 6. The van der Waals surface area contributed by atoms with Crippen molar-refractivity contribution in [3.05, 3.63) is 57.8 Å². The average molecular weight is 541 g/mol. The topological polar surface area (TPSA) is 143 Å². The summed E-state index contributed by atoms with van der Waals surface area (Å²) in [5.74, 6) is -2.55. The quantitative estimate of drug-likeness (QED) is 0.532. The zero-order valence-electron chi connectivity index (χ0n) is 20.9. The number of carbonyl (C=O) groups is 4. The van der Waals surface area contributed by atoms with E-state index >= 15 is 0 Å². The molecule has 0 saturated heterocycles. The number of amides is 2. The molecule has 3 unspecified atom stereocenters. The molecule has 5 rings (SSSR count). The van der Waals surface area contributed by atoms with Crippen LogP contribution in [-0.4, -0.2) is 49.8 Å². The van der Waals surface area contributed by atoms with Crippen LogP contribution in [-0.2, 0) is 14.4 Å². The Morgan fingerprint density at radius 2 is 1.87 bits per heavy atom. The molecule has 1 spiro atoms. The molecule has 0 aromatic heterocycles. The molecule has 2 amide bonds. The number of Topliss-reactive ketones (excluding diaryl/α,β-unsaturated/α-hetero) is 2. The number of carbonyl (C=O) groups excluding carboxylic acids is 4. The lowest BCUT2D eigenvalue weighted by Gasteiger charge is -2.41. The highest BCUT2D eigenvalue weighted by atomic mass is 35.5. The first-order valence-electron chi connectivity index (χ1n) is 11.9. The molecule has 3 N–H and O–H groups in total. The minimum absolute atomic E-state index is 0.0235. The van der Waals surface area contributed by atoms with Gasteiger partial charge in [-0.15, -0.1) is 0 Å². The van der Waals surface area contributed by atoms with Gasteiger partial charge in [0.15, 0.2) is 12.4 Å². The molecule has 3 atom stereocenters. The Hall–Kier alpha value is -4.05. The number of primary amides is 1. The maximum Gasteiger partial charge on any atom is 0.255 e. The lowest BCUT2D eigenvalue weighted by molar-refractivity contribution is -0.131. The molecule has 2 heterocycles. The maximum absolute atomic E-state index is 14.4. The molecule has 3 aliphatic rings. The summed E-state index contributed by atoms with van der Waals surface area (Å²) in [6.07, 6.45) is 0.172. The molecular formula is C27H25ClN2O8. The van der Waals surface area contributed by atoms with Gasteiger partial charge >= 0.3 is 0 Å². The lowest BCUT2D eigenvalue weighted by atomic mass is 9.66. The van der Waals surface area contributed by atoms with Gasteiger partial charge in [0.25, 0.3) is 5.91 Å². The minimum atomic E-state index is -1.90. The average Bonchev–Trinajstić information content (AvgIpc) is 3.21. The van der Waals surface area contributed by atoms with E-state index in [2.05, 4.69) is 5.32 Å². The minimum Gasteiger partial charge on any atom is -0.496 e. The highest BCUT2D eigenvalue weighted by Gasteiger charge is 2.63. The van der Waals surface area contributed by atoms with Crippen LogP contribution in [0.25, 0.3) is 0 Å². The van der Waals surface area contributed by atoms with E-state index in [1.54, 1.807) is 31.2 Å². The molecule has 198 valence electrons. The van der Waals surface area contributed by atoms with Gasteiger partial charge in [0.2, 0.25) is 23.1 Å². The standard InChI is InChI=1S/C27H25ClN2O8/c1-12-7-16-21(15(9-20(32)30-16)13-5-4-6-14(8-13)37-11-19(29)31)25(33)27(12)26(34)22-17(35-2)10-18(36-3)23(28)24(22)38-27/h4-6,8,10,12,15H,7,9,11H2,1-3H3,(H2,29,31)(H,30,32). The second-order valence-electron chi connectivity index (χ2n) is 9.42. The van der Waals surface area contributed by atoms with Gasteiger partial charge in [0, 0.05) is 35.6 Å². The third-order valence-corrected chi connectivity index (χ3v) is 7.56. The summed E-state index contributed by atoms with van der Waals surface area (Å²) in [5.41, 5.74) is 4.68. The number of methoxy groups -OCH3 is 2. The van der Waals surface area contributed by atoms with Crippen molar-refractivity contribution in [2.45, 2.75) is 31.3 Å². The molecule has 38 heavy (non-hydrogen) atoms. The van der Waals surface area contributed by atoms with E-state index in [4.69, 9.17) is 36.3 Å². The van der Waals surface area contributed by atoms with Gasteiger partial charge in [-0.3, -0.25) is 19.2 Å². The maximum atomic E-state index is 14.4. The number of allylic oxidation sites excluding steroid dienone is 1. The normalized spacial score (nSPS) is 23.9. The van der Waals surface area contributed by atoms with Gasteiger partial charge in [0.1, 0.15) is 27.8 Å². The molecule has 2 aromatic rings. The number of nitrogens with two attached hydrogens (primary N) is 1. The fraction of sp³-hybridized carbons (Fsp3) is 0.333. The number of ketones is 2. The van der Waals surface area contributed by atoms with Crippen molar-refractivity contribution in [2.75, 3.05) is 20.8 Å². The Morgan fingerprint density at radius 1 is 1.13 bits per heavy atom. The number of hydrogen-bond donors (Lipinski definition) is 2. The van der Waals surface area contributed by atoms with Gasteiger partial charge in [-0.25, -0.2) is 0 Å². The predicted octanol–water partition coefficient (Wildman–Crippen LogP) is 2.70. The van der Waals surface area contributed by atoms with Crippen LogP contribution < -0.4 is 30.0 Å². The summed E-state index contributed by atoms with van der Waals surface area (Å²) < 4.78 is 22.4. The van der Waals surface area contributed by atoms with Gasteiger partial charge < -0.3 is 30.0 Å². The Kier molecular flexibility index (Phi) is 6.30. The van der Waals surface area contributed by atoms with Crippen LogP contribution in [0.1, 0.15) is 41.6 Å². The molecule has 2 aromatic carbocycles. The summed E-state index contributed by atoms with van der Waals surface area (Å²) in [7, 11) is 2.82. The van der Waals surface area contributed by atoms with Crippen molar-refractivity contribution in [3.63, 3.8) is 0 Å². The fourth-order valence-electron chi connectivity index (χ4n) is 5.45. The lowest BCUT2D eigenvalue weighted by Crippen LogP contribution is -2.59. The highest BCUT2D eigenvalue weighted by Crippen LogP contribution is 2.55. The number of halogens is 1. The van der Waals surface area contributed by atoms with E-state index in [0.29, 0.717) is 17.0 Å². The van der Waals surface area contributed by atoms with E-state index in [9.17, 15) is 19.2 Å². The largest absolute Gasteiger partial charge is 0.496 e. The second kappa shape index (κ2) is 9.36. The fourth-order valence-corrected chi connectivity index (χ4v) is 5.71. The molecule has 0 fully saturated rings. The smallest absolute Gasteiger partial charge is 0.255 e. The molecule has 10 nitrogen and oxygen atoms in total. The molecule has 1 aliphatic carbocycles. The van der Waals surface area contributed by atoms with E-state index in [1.807, 2.05) is 0 Å². The second-order valence-corrected chi connectivity index (χ2v) is 9.80. The SMILES string of the molecule is COc1cc(OC)c2c(c1Cl)OC1(C(=O)C3=C(CC1C)NC(=O)CC3c1cccc(OCC(N)=O)c1)C2=O. The number of fused-ring (bicyclic) bond motifs is 1. The van der Waals surface area contributed by atoms with Crippen LogP contribution in [0, 0.1) is 5.92 Å². The number of ether oxygens (including phenoxy) is 4. The molecule has 11 heteroatoms. The summed E-state index contributed by atoms with van der Waals surface area (Å²) in [6, 6.07) is 8.20. The number of hydrogen-bond acceptors (Lipinski definition) is 8. The zero-order valence-corrected chi connectivity index (χ0v) is 21.6. The van der Waals surface area contributed by atoms with Gasteiger partial charge in [-0.1, -0.05) is 30.7 Å². The van der Waals surface area contributed by atoms with Crippen LogP contribution in [0.3, 0.4) is 0 Å². The molecule has 0 radical (unpaired) electrons. The molecule has 0 bridgehead atoms. The summed E-state index contributed by atoms with van der Waals surface area (Å²) in [4.78, 5) is 52.2. The summed E-state index contributed by atoms with van der Waals surface area (Å²) in [6.45, 7) is 1.39. The molecule has 0 saturated carbocycles. The van der Waals surface area contributed by atoms with E-state index in [-0.39, 0.29) is 58.8 Å². The third-order valence-electron chi connectivity index (χ3n) is 7.20. The molecule has 2 aliphatic heterocycles. The number of benzene rings is 2. The zero-order chi connectivity index (χ0) is 27.4. The van der Waals surface area contributed by atoms with Crippen molar-refractivity contribution in [1.82, 2.24) is 5.32 Å². The Balaban J connectivity index is 1.61. The van der Waals surface area contributed by atoms with Crippen LogP contribution >= 0.6 is 11.6 Å². The Bertz CT molecular complexity index is 1430. The first-order chi connectivity index (χ1) is 18.1. The van der Waals surface area contributed by atoms with Crippen LogP contribution in [0.2, 0.25) is 5.02 Å². The van der Waals surface area contributed by atoms with Gasteiger partial charge in [0.05, 0.1) is 14.2 Å². The first kappa shape index (κ1) is 25.6. The van der Waals surface area contributed by atoms with Crippen molar-refractivity contribution in [3.8, 4) is 23.0 Å². The van der Waals surface area contributed by atoms with E-state index < -0.39 is 34.9 Å². The Morgan fingerprint density at radius 3 is 2.55 bits per heavy atom. The van der Waals surface area contributed by atoms with Crippen LogP contribution in [0.4, 0.5) is 0 Å². The van der Waals surface area contributed by atoms with Crippen molar-refractivity contribution < 1.29 is 38.1 Å². The monoisotopic (exact) mass is 540 g/mol. The van der Waals surface area contributed by atoms with Gasteiger partial charge in [-0.05, 0) is 24.1 Å². The van der Waals surface area contributed by atoms with E-state index in [0.717, 1.165) is 0 Å². The predicted molar refractivity (Wildman–Crippen MR) is 135 cm³/mol. The van der Waals surface area contributed by atoms with Crippen molar-refractivity contribution >= 4 is 35.0 Å². The molecular weight excluding hydrogens is 516 g/mol. The highest BCUT2D eigenvalue weighted by molar-refractivity contribution is 6.36. The van der Waals surface area contributed by atoms with E-state index in [1.165, 1.54) is 20.3 Å². The van der Waals surface area contributed by atoms with Crippen LogP contribution in [0.5, 0.6) is 23.0 Å². The van der Waals surface area contributed by atoms with Crippen molar-refractivity contribution in [2.24, 2.45) is 11.7 Å². The summed E-state index contributed by atoms with van der Waals surface area (Å²) >= 11 is 6.51.